The first-order chi connectivity index (χ1) is 10.9. The highest BCUT2D eigenvalue weighted by atomic mass is 16.5. The Labute approximate surface area is 134 Å². The Bertz CT molecular complexity index is 472. The van der Waals surface area contributed by atoms with Crippen LogP contribution in [0.3, 0.4) is 0 Å². The first-order valence-corrected chi connectivity index (χ1v) is 9.05. The minimum absolute atomic E-state index is 0.255. The Morgan fingerprint density at radius 2 is 1.77 bits per heavy atom. The van der Waals surface area contributed by atoms with Crippen molar-refractivity contribution in [3.63, 3.8) is 0 Å². The van der Waals surface area contributed by atoms with Gasteiger partial charge in [0.25, 0.3) is 0 Å². The smallest absolute Gasteiger partial charge is 0.0952 e. The summed E-state index contributed by atoms with van der Waals surface area (Å²) in [5.74, 6) is 0. The lowest BCUT2D eigenvalue weighted by molar-refractivity contribution is -0.0502. The van der Waals surface area contributed by atoms with E-state index >= 15 is 0 Å². The summed E-state index contributed by atoms with van der Waals surface area (Å²) >= 11 is 0. The van der Waals surface area contributed by atoms with Crippen LogP contribution in [0.25, 0.3) is 0 Å². The van der Waals surface area contributed by atoms with E-state index in [0.717, 1.165) is 19.2 Å². The summed E-state index contributed by atoms with van der Waals surface area (Å²) in [5, 5.41) is 3.93. The molecule has 120 valence electrons. The third-order valence-corrected chi connectivity index (χ3v) is 5.67. The van der Waals surface area contributed by atoms with Crippen LogP contribution in [0.4, 0.5) is 0 Å². The van der Waals surface area contributed by atoms with Gasteiger partial charge >= 0.3 is 0 Å². The van der Waals surface area contributed by atoms with Gasteiger partial charge in [-0.25, -0.2) is 0 Å². The van der Waals surface area contributed by atoms with Crippen LogP contribution in [0.5, 0.6) is 0 Å². The van der Waals surface area contributed by atoms with Gasteiger partial charge in [-0.2, -0.15) is 0 Å². The van der Waals surface area contributed by atoms with Crippen LogP contribution < -0.4 is 5.32 Å². The molecule has 22 heavy (non-hydrogen) atoms. The Morgan fingerprint density at radius 1 is 0.955 bits per heavy atom. The van der Waals surface area contributed by atoms with Crippen LogP contribution in [0.15, 0.2) is 30.3 Å². The minimum atomic E-state index is 0.255. The second kappa shape index (κ2) is 6.69. The van der Waals surface area contributed by atoms with Crippen molar-refractivity contribution in [3.8, 4) is 0 Å². The Morgan fingerprint density at radius 3 is 2.59 bits per heavy atom. The SMILES string of the molecule is c1ccc([C@H]2CN3C[C@@H](NC4CCCCC4)C[C@H]3CO2)cc1. The van der Waals surface area contributed by atoms with E-state index in [2.05, 4.69) is 40.5 Å². The molecule has 0 bridgehead atoms. The van der Waals surface area contributed by atoms with Crippen LogP contribution in [-0.2, 0) is 4.74 Å². The van der Waals surface area contributed by atoms with Crippen molar-refractivity contribution in [2.75, 3.05) is 19.7 Å². The number of nitrogens with one attached hydrogen (secondary N) is 1. The molecule has 0 amide bonds. The fourth-order valence-corrected chi connectivity index (χ4v) is 4.47. The fourth-order valence-electron chi connectivity index (χ4n) is 4.47. The summed E-state index contributed by atoms with van der Waals surface area (Å²) in [4.78, 5) is 2.65. The predicted molar refractivity (Wildman–Crippen MR) is 88.9 cm³/mol. The van der Waals surface area contributed by atoms with Gasteiger partial charge in [0.1, 0.15) is 0 Å². The summed E-state index contributed by atoms with van der Waals surface area (Å²) in [5.41, 5.74) is 1.32. The molecule has 3 fully saturated rings. The van der Waals surface area contributed by atoms with Crippen molar-refractivity contribution < 1.29 is 4.74 Å². The quantitative estimate of drug-likeness (QED) is 0.928. The van der Waals surface area contributed by atoms with Gasteiger partial charge in [0.15, 0.2) is 0 Å². The molecule has 1 aromatic carbocycles. The maximum atomic E-state index is 6.15. The molecule has 2 saturated heterocycles. The van der Waals surface area contributed by atoms with E-state index in [9.17, 15) is 0 Å². The first kappa shape index (κ1) is 14.7. The van der Waals surface area contributed by atoms with Gasteiger partial charge in [0.05, 0.1) is 12.7 Å². The summed E-state index contributed by atoms with van der Waals surface area (Å²) in [6.45, 7) is 3.15. The maximum Gasteiger partial charge on any atom is 0.0952 e. The average Bonchev–Trinajstić information content (AvgIpc) is 2.98. The van der Waals surface area contributed by atoms with Crippen LogP contribution in [0, 0.1) is 0 Å². The number of ether oxygens (including phenoxy) is 1. The normalized spacial score (nSPS) is 33.7. The summed E-state index contributed by atoms with van der Waals surface area (Å²) in [7, 11) is 0. The molecule has 4 rings (SSSR count). The van der Waals surface area contributed by atoms with Gasteiger partial charge in [-0.15, -0.1) is 0 Å². The Hall–Kier alpha value is -0.900. The molecule has 3 atom stereocenters. The molecule has 1 N–H and O–H groups in total. The average molecular weight is 300 g/mol. The van der Waals surface area contributed by atoms with Crippen molar-refractivity contribution in [1.82, 2.24) is 10.2 Å². The summed E-state index contributed by atoms with van der Waals surface area (Å²) < 4.78 is 6.15. The van der Waals surface area contributed by atoms with Gasteiger partial charge < -0.3 is 10.1 Å². The van der Waals surface area contributed by atoms with Gasteiger partial charge in [-0.1, -0.05) is 49.6 Å². The van der Waals surface area contributed by atoms with E-state index in [1.807, 2.05) is 0 Å². The number of nitrogens with zero attached hydrogens (tertiary/aromatic N) is 1. The van der Waals surface area contributed by atoms with Crippen LogP contribution in [-0.4, -0.2) is 42.7 Å². The van der Waals surface area contributed by atoms with E-state index in [1.165, 1.54) is 50.6 Å². The lowest BCUT2D eigenvalue weighted by Crippen LogP contribution is -2.43. The number of hydrogen-bond acceptors (Lipinski definition) is 3. The maximum absolute atomic E-state index is 6.15. The number of benzene rings is 1. The molecule has 2 heterocycles. The van der Waals surface area contributed by atoms with Crippen molar-refractivity contribution in [3.05, 3.63) is 35.9 Å². The molecule has 3 aliphatic rings. The van der Waals surface area contributed by atoms with Gasteiger partial charge in [0, 0.05) is 31.2 Å². The highest BCUT2D eigenvalue weighted by molar-refractivity contribution is 5.18. The molecule has 0 radical (unpaired) electrons. The van der Waals surface area contributed by atoms with E-state index in [1.54, 1.807) is 0 Å². The van der Waals surface area contributed by atoms with E-state index in [0.29, 0.717) is 12.1 Å². The third kappa shape index (κ3) is 3.22. The number of rotatable bonds is 3. The standard InChI is InChI=1S/C19H28N2O/c1-3-7-15(8-4-1)19-13-21-12-17(11-18(21)14-22-19)20-16-9-5-2-6-10-16/h1,3-4,7-8,16-20H,2,5-6,9-14H2/t17-,18-,19+/m0/s1. The van der Waals surface area contributed by atoms with Crippen LogP contribution in [0.2, 0.25) is 0 Å². The van der Waals surface area contributed by atoms with E-state index in [4.69, 9.17) is 4.74 Å². The second-order valence-corrected chi connectivity index (χ2v) is 7.27. The van der Waals surface area contributed by atoms with Crippen molar-refractivity contribution >= 4 is 0 Å². The monoisotopic (exact) mass is 300 g/mol. The molecule has 0 spiro atoms. The Kier molecular flexibility index (Phi) is 4.47. The first-order valence-electron chi connectivity index (χ1n) is 9.05. The topological polar surface area (TPSA) is 24.5 Å². The molecule has 0 unspecified atom stereocenters. The molecule has 3 nitrogen and oxygen atoms in total. The van der Waals surface area contributed by atoms with Crippen LogP contribution >= 0.6 is 0 Å². The number of hydrogen-bond donors (Lipinski definition) is 1. The zero-order valence-corrected chi connectivity index (χ0v) is 13.4. The molecule has 1 aromatic rings. The largest absolute Gasteiger partial charge is 0.371 e. The highest BCUT2D eigenvalue weighted by Gasteiger charge is 2.38. The molecular weight excluding hydrogens is 272 g/mol. The van der Waals surface area contributed by atoms with Gasteiger partial charge in [-0.3, -0.25) is 4.90 Å². The zero-order chi connectivity index (χ0) is 14.8. The van der Waals surface area contributed by atoms with Crippen molar-refractivity contribution in [1.29, 1.82) is 0 Å². The minimum Gasteiger partial charge on any atom is -0.371 e. The molecule has 1 aliphatic carbocycles. The van der Waals surface area contributed by atoms with Gasteiger partial charge in [-0.05, 0) is 24.8 Å². The van der Waals surface area contributed by atoms with Crippen molar-refractivity contribution in [2.24, 2.45) is 0 Å². The Balaban J connectivity index is 1.33. The fraction of sp³-hybridized carbons (Fsp3) is 0.684. The second-order valence-electron chi connectivity index (χ2n) is 7.27. The number of fused-ring (bicyclic) bond motifs is 1. The third-order valence-electron chi connectivity index (χ3n) is 5.67. The van der Waals surface area contributed by atoms with Crippen LogP contribution in [0.1, 0.15) is 50.2 Å². The highest BCUT2D eigenvalue weighted by Crippen LogP contribution is 2.31. The molecule has 3 heteroatoms. The predicted octanol–water partition coefficient (Wildman–Crippen LogP) is 3.12. The van der Waals surface area contributed by atoms with Gasteiger partial charge in [0.2, 0.25) is 0 Å². The van der Waals surface area contributed by atoms with Crippen molar-refractivity contribution in [2.45, 2.75) is 62.8 Å². The lowest BCUT2D eigenvalue weighted by atomic mass is 9.94. The lowest BCUT2D eigenvalue weighted by Gasteiger charge is -2.35. The molecular formula is C19H28N2O. The molecule has 2 aliphatic heterocycles. The number of morpholine rings is 1. The molecule has 0 aromatic heterocycles. The molecule has 1 saturated carbocycles. The summed E-state index contributed by atoms with van der Waals surface area (Å²) in [6.07, 6.45) is 8.54. The van der Waals surface area contributed by atoms with E-state index < -0.39 is 0 Å². The summed E-state index contributed by atoms with van der Waals surface area (Å²) in [6, 6.07) is 12.8. The van der Waals surface area contributed by atoms with E-state index in [-0.39, 0.29) is 6.10 Å². The zero-order valence-electron chi connectivity index (χ0n) is 13.4.